The lowest BCUT2D eigenvalue weighted by molar-refractivity contribution is 0.562. The van der Waals surface area contributed by atoms with Gasteiger partial charge in [0.25, 0.3) is 0 Å². The Balaban J connectivity index is 1.69. The molecule has 1 aromatic carbocycles. The number of nitrogens with zero attached hydrogens (tertiary/aromatic N) is 3. The summed E-state index contributed by atoms with van der Waals surface area (Å²) in [7, 11) is 0. The molecule has 0 radical (unpaired) electrons. The quantitative estimate of drug-likeness (QED) is 0.596. The Morgan fingerprint density at radius 2 is 1.85 bits per heavy atom. The lowest BCUT2D eigenvalue weighted by atomic mass is 9.83. The van der Waals surface area contributed by atoms with Crippen LogP contribution in [0.2, 0.25) is 0 Å². The van der Waals surface area contributed by atoms with Crippen LogP contribution in [-0.4, -0.2) is 19.9 Å². The number of hydrogen-bond acceptors (Lipinski definition) is 4. The minimum Gasteiger partial charge on any atom is -0.305 e. The zero-order chi connectivity index (χ0) is 18.2. The summed E-state index contributed by atoms with van der Waals surface area (Å²) in [6.45, 7) is 0. The van der Waals surface area contributed by atoms with Crippen LogP contribution in [0.3, 0.4) is 0 Å². The Bertz CT molecular complexity index is 1180. The van der Waals surface area contributed by atoms with Gasteiger partial charge in [-0.15, -0.1) is 0 Å². The van der Waals surface area contributed by atoms with E-state index in [4.69, 9.17) is 9.97 Å². The Hall–Kier alpha value is -3.34. The molecule has 0 aliphatic heterocycles. The van der Waals surface area contributed by atoms with Gasteiger partial charge in [0.2, 0.25) is 5.56 Å². The first-order valence-electron chi connectivity index (χ1n) is 9.17. The molecule has 1 aliphatic rings. The first kappa shape index (κ1) is 15.9. The predicted octanol–water partition coefficient (Wildman–Crippen LogP) is 3.65. The molecule has 3 aromatic heterocycles. The second kappa shape index (κ2) is 6.43. The molecule has 5 nitrogen and oxygen atoms in total. The zero-order valence-corrected chi connectivity index (χ0v) is 14.7. The van der Waals surface area contributed by atoms with Crippen molar-refractivity contribution in [3.05, 3.63) is 88.1 Å². The lowest BCUT2D eigenvalue weighted by Gasteiger charge is -2.25. The number of hydrogen-bond donors (Lipinski definition) is 1. The number of aryl methyl sites for hydroxylation is 1. The molecule has 1 aliphatic carbocycles. The third kappa shape index (κ3) is 2.91. The summed E-state index contributed by atoms with van der Waals surface area (Å²) in [4.78, 5) is 28.8. The fraction of sp³-hybridized carbons (Fsp3) is 0.182. The third-order valence-electron chi connectivity index (χ3n) is 5.20. The van der Waals surface area contributed by atoms with Crippen LogP contribution in [0, 0.1) is 0 Å². The van der Waals surface area contributed by atoms with Crippen LogP contribution >= 0.6 is 0 Å². The smallest absolute Gasteiger partial charge is 0.249 e. The van der Waals surface area contributed by atoms with Crippen LogP contribution in [0.4, 0.5) is 0 Å². The first-order valence-corrected chi connectivity index (χ1v) is 9.17. The highest BCUT2D eigenvalue weighted by molar-refractivity contribution is 5.75. The van der Waals surface area contributed by atoms with Crippen LogP contribution in [0.5, 0.6) is 0 Å². The van der Waals surface area contributed by atoms with E-state index in [9.17, 15) is 4.79 Å². The number of benzene rings is 1. The van der Waals surface area contributed by atoms with Gasteiger partial charge in [-0.3, -0.25) is 9.78 Å². The van der Waals surface area contributed by atoms with Gasteiger partial charge in [-0.25, -0.2) is 9.97 Å². The molecule has 27 heavy (non-hydrogen) atoms. The van der Waals surface area contributed by atoms with Crippen LogP contribution < -0.4 is 5.56 Å². The molecule has 0 saturated heterocycles. The number of fused-ring (bicyclic) bond motifs is 2. The van der Waals surface area contributed by atoms with E-state index in [1.807, 2.05) is 42.6 Å². The minimum absolute atomic E-state index is 0.166. The van der Waals surface area contributed by atoms with Gasteiger partial charge in [0.1, 0.15) is 5.52 Å². The topological polar surface area (TPSA) is 71.5 Å². The van der Waals surface area contributed by atoms with E-state index in [0.29, 0.717) is 5.65 Å². The monoisotopic (exact) mass is 354 g/mol. The van der Waals surface area contributed by atoms with E-state index in [-0.39, 0.29) is 11.5 Å². The Morgan fingerprint density at radius 3 is 2.74 bits per heavy atom. The number of aromatic amines is 1. The number of nitrogens with one attached hydrogen (secondary N) is 1. The molecule has 5 rings (SSSR count). The first-order chi connectivity index (χ1) is 13.3. The van der Waals surface area contributed by atoms with E-state index in [2.05, 4.69) is 16.0 Å². The van der Waals surface area contributed by atoms with Crippen molar-refractivity contribution in [2.45, 2.75) is 25.2 Å². The molecule has 1 unspecified atom stereocenters. The van der Waals surface area contributed by atoms with E-state index >= 15 is 0 Å². The van der Waals surface area contributed by atoms with Crippen molar-refractivity contribution in [2.24, 2.45) is 0 Å². The van der Waals surface area contributed by atoms with Crippen LogP contribution in [0.1, 0.15) is 29.3 Å². The molecule has 132 valence electrons. The SMILES string of the molecule is O=c1ccc2nc(C3CCc4ncccc4C3)c(-c3ccccc3)nc2[nH]1. The molecule has 0 fully saturated rings. The molecule has 0 amide bonds. The lowest BCUT2D eigenvalue weighted by Crippen LogP contribution is -2.17. The van der Waals surface area contributed by atoms with Gasteiger partial charge in [-0.1, -0.05) is 36.4 Å². The van der Waals surface area contributed by atoms with Crippen LogP contribution in [0.25, 0.3) is 22.4 Å². The Labute approximate surface area is 156 Å². The van der Waals surface area contributed by atoms with Gasteiger partial charge in [0.15, 0.2) is 5.65 Å². The molecule has 1 N–H and O–H groups in total. The molecule has 5 heteroatoms. The minimum atomic E-state index is -0.166. The summed E-state index contributed by atoms with van der Waals surface area (Å²) >= 11 is 0. The van der Waals surface area contributed by atoms with Crippen molar-refractivity contribution < 1.29 is 0 Å². The largest absolute Gasteiger partial charge is 0.305 e. The summed E-state index contributed by atoms with van der Waals surface area (Å²) < 4.78 is 0. The van der Waals surface area contributed by atoms with Crippen molar-refractivity contribution in [3.63, 3.8) is 0 Å². The molecule has 0 bridgehead atoms. The molecule has 0 saturated carbocycles. The van der Waals surface area contributed by atoms with E-state index in [1.54, 1.807) is 6.07 Å². The molecule has 1 atom stereocenters. The highest BCUT2D eigenvalue weighted by Gasteiger charge is 2.25. The summed E-state index contributed by atoms with van der Waals surface area (Å²) in [5, 5.41) is 0. The average molecular weight is 354 g/mol. The van der Waals surface area contributed by atoms with Crippen molar-refractivity contribution >= 4 is 11.2 Å². The molecule has 4 aromatic rings. The van der Waals surface area contributed by atoms with Crippen molar-refractivity contribution in [1.82, 2.24) is 19.9 Å². The average Bonchev–Trinajstić information content (AvgIpc) is 2.73. The third-order valence-corrected chi connectivity index (χ3v) is 5.20. The molecular weight excluding hydrogens is 336 g/mol. The second-order valence-corrected chi connectivity index (χ2v) is 6.93. The summed E-state index contributed by atoms with van der Waals surface area (Å²) in [5.74, 6) is 0.278. The summed E-state index contributed by atoms with van der Waals surface area (Å²) in [6.07, 6.45) is 4.71. The maximum Gasteiger partial charge on any atom is 0.249 e. The van der Waals surface area contributed by atoms with E-state index in [0.717, 1.165) is 41.7 Å². The zero-order valence-electron chi connectivity index (χ0n) is 14.7. The number of H-pyrrole nitrogens is 1. The highest BCUT2D eigenvalue weighted by atomic mass is 16.1. The maximum atomic E-state index is 11.7. The fourth-order valence-electron chi connectivity index (χ4n) is 3.87. The predicted molar refractivity (Wildman–Crippen MR) is 105 cm³/mol. The van der Waals surface area contributed by atoms with Gasteiger partial charge >= 0.3 is 0 Å². The van der Waals surface area contributed by atoms with Gasteiger partial charge in [0, 0.05) is 29.4 Å². The Kier molecular flexibility index (Phi) is 3.78. The Morgan fingerprint density at radius 1 is 0.963 bits per heavy atom. The fourth-order valence-corrected chi connectivity index (χ4v) is 3.87. The summed E-state index contributed by atoms with van der Waals surface area (Å²) in [5.41, 5.74) is 6.43. The maximum absolute atomic E-state index is 11.7. The van der Waals surface area contributed by atoms with Crippen molar-refractivity contribution in [2.75, 3.05) is 0 Å². The van der Waals surface area contributed by atoms with Gasteiger partial charge in [0.05, 0.1) is 11.4 Å². The molecule has 0 spiro atoms. The highest BCUT2D eigenvalue weighted by Crippen LogP contribution is 2.35. The van der Waals surface area contributed by atoms with Crippen LogP contribution in [-0.2, 0) is 12.8 Å². The normalized spacial score (nSPS) is 16.2. The van der Waals surface area contributed by atoms with E-state index in [1.165, 1.54) is 17.3 Å². The van der Waals surface area contributed by atoms with Crippen molar-refractivity contribution in [1.29, 1.82) is 0 Å². The van der Waals surface area contributed by atoms with Gasteiger partial charge < -0.3 is 4.98 Å². The van der Waals surface area contributed by atoms with Crippen molar-refractivity contribution in [3.8, 4) is 11.3 Å². The van der Waals surface area contributed by atoms with Gasteiger partial charge in [-0.2, -0.15) is 0 Å². The van der Waals surface area contributed by atoms with E-state index < -0.39 is 0 Å². The molecular formula is C22H18N4O. The van der Waals surface area contributed by atoms with Crippen LogP contribution in [0.15, 0.2) is 65.6 Å². The number of rotatable bonds is 2. The standard InChI is InChI=1S/C22H18N4O/c27-19-11-10-18-22(25-19)26-20(14-5-2-1-3-6-14)21(24-18)16-8-9-17-15(13-16)7-4-12-23-17/h1-7,10-12,16H,8-9,13H2,(H,25,26,27). The summed E-state index contributed by atoms with van der Waals surface area (Å²) in [6, 6.07) is 17.5. The molecule has 3 heterocycles. The van der Waals surface area contributed by atoms with Gasteiger partial charge in [-0.05, 0) is 37.0 Å². The number of pyridine rings is 2. The number of aromatic nitrogens is 4. The second-order valence-electron chi connectivity index (χ2n) is 6.93.